The Balaban J connectivity index is 2.94. The van der Waals surface area contributed by atoms with Gasteiger partial charge in [-0.25, -0.2) is 4.98 Å². The lowest BCUT2D eigenvalue weighted by atomic mass is 10.5. The van der Waals surface area contributed by atoms with Crippen molar-refractivity contribution in [2.75, 3.05) is 0 Å². The maximum Gasteiger partial charge on any atom is 0.0948 e. The second-order valence-corrected chi connectivity index (χ2v) is 2.25. The molecule has 0 bridgehead atoms. The van der Waals surface area contributed by atoms with Gasteiger partial charge in [-0.15, -0.1) is 0 Å². The Bertz CT molecular complexity index is 215. The van der Waals surface area contributed by atoms with Crippen LogP contribution in [0.4, 0.5) is 0 Å². The van der Waals surface area contributed by atoms with Gasteiger partial charge >= 0.3 is 0 Å². The van der Waals surface area contributed by atoms with Crippen molar-refractivity contribution in [3.8, 4) is 0 Å². The van der Waals surface area contributed by atoms with Gasteiger partial charge in [0.2, 0.25) is 0 Å². The summed E-state index contributed by atoms with van der Waals surface area (Å²) in [6.45, 7) is 0. The van der Waals surface area contributed by atoms with E-state index in [1.54, 1.807) is 12.5 Å². The van der Waals surface area contributed by atoms with Crippen molar-refractivity contribution in [3.05, 3.63) is 23.2 Å². The first kappa shape index (κ1) is 6.55. The first-order valence-corrected chi connectivity index (χ1v) is 3.49. The summed E-state index contributed by atoms with van der Waals surface area (Å²) in [7, 11) is 1.95. The van der Waals surface area contributed by atoms with Crippen molar-refractivity contribution >= 4 is 22.0 Å². The molecule has 1 heterocycles. The smallest absolute Gasteiger partial charge is 0.0948 e. The molecule has 3 heteroatoms. The van der Waals surface area contributed by atoms with Gasteiger partial charge in [0.15, 0.2) is 0 Å². The molecule has 1 aromatic heterocycles. The van der Waals surface area contributed by atoms with Crippen LogP contribution in [-0.4, -0.2) is 9.55 Å². The highest BCUT2D eigenvalue weighted by atomic mass is 79.9. The van der Waals surface area contributed by atoms with E-state index in [-0.39, 0.29) is 0 Å². The van der Waals surface area contributed by atoms with Gasteiger partial charge in [-0.05, 0) is 11.1 Å². The summed E-state index contributed by atoms with van der Waals surface area (Å²) in [5.41, 5.74) is 1.09. The standard InChI is InChI=1S/C6H7BrN2/c1-9-5-8-4-6(9)2-3-7/h2-5H,1H3. The second-order valence-electron chi connectivity index (χ2n) is 1.72. The Hall–Kier alpha value is -0.570. The largest absolute Gasteiger partial charge is 0.334 e. The third-order valence-corrected chi connectivity index (χ3v) is 1.35. The second kappa shape index (κ2) is 2.82. The predicted molar refractivity (Wildman–Crippen MR) is 41.2 cm³/mol. The zero-order valence-corrected chi connectivity index (χ0v) is 6.67. The highest BCUT2D eigenvalue weighted by Crippen LogP contribution is 2.00. The molecule has 0 aliphatic carbocycles. The summed E-state index contributed by atoms with van der Waals surface area (Å²) < 4.78 is 1.94. The van der Waals surface area contributed by atoms with Crippen LogP contribution in [-0.2, 0) is 7.05 Å². The van der Waals surface area contributed by atoms with Gasteiger partial charge in [0, 0.05) is 7.05 Å². The first-order valence-electron chi connectivity index (χ1n) is 2.57. The molecular weight excluding hydrogens is 180 g/mol. The lowest BCUT2D eigenvalue weighted by Gasteiger charge is -1.90. The van der Waals surface area contributed by atoms with E-state index in [0.717, 1.165) is 5.69 Å². The van der Waals surface area contributed by atoms with E-state index in [9.17, 15) is 0 Å². The van der Waals surface area contributed by atoms with Crippen LogP contribution in [0.25, 0.3) is 6.08 Å². The number of hydrogen-bond acceptors (Lipinski definition) is 1. The van der Waals surface area contributed by atoms with Crippen molar-refractivity contribution in [2.24, 2.45) is 7.05 Å². The first-order chi connectivity index (χ1) is 4.34. The maximum absolute atomic E-state index is 3.93. The van der Waals surface area contributed by atoms with Gasteiger partial charge < -0.3 is 4.57 Å². The number of rotatable bonds is 1. The summed E-state index contributed by atoms with van der Waals surface area (Å²) in [6.07, 6.45) is 5.51. The molecule has 9 heavy (non-hydrogen) atoms. The van der Waals surface area contributed by atoms with E-state index < -0.39 is 0 Å². The van der Waals surface area contributed by atoms with E-state index in [1.807, 2.05) is 22.7 Å². The minimum Gasteiger partial charge on any atom is -0.334 e. The minimum absolute atomic E-state index is 1.09. The maximum atomic E-state index is 3.93. The highest BCUT2D eigenvalue weighted by molar-refractivity contribution is 9.11. The van der Waals surface area contributed by atoms with Crippen LogP contribution in [0.2, 0.25) is 0 Å². The molecule has 0 radical (unpaired) electrons. The van der Waals surface area contributed by atoms with E-state index >= 15 is 0 Å². The lowest BCUT2D eigenvalue weighted by Crippen LogP contribution is -1.85. The van der Waals surface area contributed by atoms with Gasteiger partial charge in [-0.2, -0.15) is 0 Å². The van der Waals surface area contributed by atoms with Crippen molar-refractivity contribution < 1.29 is 0 Å². The Morgan fingerprint density at radius 2 is 2.56 bits per heavy atom. The number of aryl methyl sites for hydroxylation is 1. The van der Waals surface area contributed by atoms with E-state index in [4.69, 9.17) is 0 Å². The number of nitrogens with zero attached hydrogens (tertiary/aromatic N) is 2. The topological polar surface area (TPSA) is 17.8 Å². The molecule has 0 fully saturated rings. The zero-order valence-electron chi connectivity index (χ0n) is 5.08. The normalized spacial score (nSPS) is 10.9. The van der Waals surface area contributed by atoms with Crippen LogP contribution in [0.1, 0.15) is 5.69 Å². The summed E-state index contributed by atoms with van der Waals surface area (Å²) in [5, 5.41) is 0. The van der Waals surface area contributed by atoms with Gasteiger partial charge in [0.25, 0.3) is 0 Å². The molecule has 1 rings (SSSR count). The summed E-state index contributed by atoms with van der Waals surface area (Å²) in [4.78, 5) is 5.74. The monoisotopic (exact) mass is 186 g/mol. The molecule has 0 unspecified atom stereocenters. The molecule has 0 aliphatic rings. The number of halogens is 1. The molecule has 0 N–H and O–H groups in total. The van der Waals surface area contributed by atoms with Crippen molar-refractivity contribution in [1.29, 1.82) is 0 Å². The number of hydrogen-bond donors (Lipinski definition) is 0. The lowest BCUT2D eigenvalue weighted by molar-refractivity contribution is 0.902. The molecule has 1 aromatic rings. The predicted octanol–water partition coefficient (Wildman–Crippen LogP) is 1.79. The Labute approximate surface area is 62.3 Å². The van der Waals surface area contributed by atoms with Crippen molar-refractivity contribution in [2.45, 2.75) is 0 Å². The van der Waals surface area contributed by atoms with Crippen LogP contribution in [0.15, 0.2) is 17.5 Å². The summed E-state index contributed by atoms with van der Waals surface area (Å²) in [5.74, 6) is 0. The Morgan fingerprint density at radius 3 is 3.00 bits per heavy atom. The fraction of sp³-hybridized carbons (Fsp3) is 0.167. The molecule has 0 spiro atoms. The average Bonchev–Trinajstić information content (AvgIpc) is 2.18. The van der Waals surface area contributed by atoms with Crippen molar-refractivity contribution in [3.63, 3.8) is 0 Å². The molecule has 0 saturated carbocycles. The number of aromatic nitrogens is 2. The van der Waals surface area contributed by atoms with Gasteiger partial charge in [-0.1, -0.05) is 15.9 Å². The fourth-order valence-corrected chi connectivity index (χ4v) is 0.863. The third-order valence-electron chi connectivity index (χ3n) is 1.09. The number of imidazole rings is 1. The SMILES string of the molecule is Cn1cncc1C=CBr. The van der Waals surface area contributed by atoms with E-state index in [0.29, 0.717) is 0 Å². The van der Waals surface area contributed by atoms with Crippen LogP contribution >= 0.6 is 15.9 Å². The van der Waals surface area contributed by atoms with E-state index in [1.165, 1.54) is 0 Å². The fourth-order valence-electron chi connectivity index (χ4n) is 0.593. The van der Waals surface area contributed by atoms with Crippen LogP contribution < -0.4 is 0 Å². The van der Waals surface area contributed by atoms with Gasteiger partial charge in [0.1, 0.15) is 0 Å². The van der Waals surface area contributed by atoms with Crippen LogP contribution in [0.3, 0.4) is 0 Å². The van der Waals surface area contributed by atoms with Gasteiger partial charge in [-0.3, -0.25) is 0 Å². The molecule has 0 atom stereocenters. The van der Waals surface area contributed by atoms with Crippen LogP contribution in [0, 0.1) is 0 Å². The Kier molecular flexibility index (Phi) is 2.05. The van der Waals surface area contributed by atoms with Crippen molar-refractivity contribution in [1.82, 2.24) is 9.55 Å². The minimum atomic E-state index is 1.09. The molecular formula is C6H7BrN2. The average molecular weight is 187 g/mol. The van der Waals surface area contributed by atoms with E-state index in [2.05, 4.69) is 20.9 Å². The molecule has 2 nitrogen and oxygen atoms in total. The summed E-state index contributed by atoms with van der Waals surface area (Å²) >= 11 is 3.18. The third kappa shape index (κ3) is 1.42. The molecule has 0 saturated heterocycles. The van der Waals surface area contributed by atoms with Crippen LogP contribution in [0.5, 0.6) is 0 Å². The molecule has 48 valence electrons. The van der Waals surface area contributed by atoms with Gasteiger partial charge in [0.05, 0.1) is 18.2 Å². The summed E-state index contributed by atoms with van der Waals surface area (Å²) in [6, 6.07) is 0. The molecule has 0 aromatic carbocycles. The Morgan fingerprint density at radius 1 is 1.78 bits per heavy atom. The zero-order chi connectivity index (χ0) is 6.69. The molecule has 0 amide bonds. The highest BCUT2D eigenvalue weighted by Gasteiger charge is 1.88. The quantitative estimate of drug-likeness (QED) is 0.655. The molecule has 0 aliphatic heterocycles.